The summed E-state index contributed by atoms with van der Waals surface area (Å²) in [7, 11) is 0. The Hall–Kier alpha value is -0.830. The maximum atomic E-state index is 5.43. The topological polar surface area (TPSA) is 27.1 Å². The van der Waals surface area contributed by atoms with Gasteiger partial charge >= 0.3 is 0 Å². The first kappa shape index (κ1) is 6.85. The molecule has 0 spiro atoms. The van der Waals surface area contributed by atoms with Gasteiger partial charge < -0.3 is 9.30 Å². The first-order valence-electron chi connectivity index (χ1n) is 3.90. The maximum absolute atomic E-state index is 5.43. The predicted octanol–water partition coefficient (Wildman–Crippen LogP) is 1.11. The number of aryl methyl sites for hydroxylation is 1. The number of hydrogen-bond acceptors (Lipinski definition) is 2. The van der Waals surface area contributed by atoms with Crippen LogP contribution in [-0.4, -0.2) is 15.7 Å². The summed E-state index contributed by atoms with van der Waals surface area (Å²) in [5.41, 5.74) is 1.08. The van der Waals surface area contributed by atoms with E-state index in [9.17, 15) is 0 Å². The van der Waals surface area contributed by atoms with E-state index in [0.717, 1.165) is 18.1 Å². The summed E-state index contributed by atoms with van der Waals surface area (Å²) in [6, 6.07) is 0. The molecule has 3 heteroatoms. The molecule has 1 aliphatic heterocycles. The summed E-state index contributed by atoms with van der Waals surface area (Å²) in [4.78, 5) is 4.32. The van der Waals surface area contributed by atoms with Crippen molar-refractivity contribution in [3.63, 3.8) is 0 Å². The summed E-state index contributed by atoms with van der Waals surface area (Å²) in [6.07, 6.45) is 2.41. The molecule has 1 aromatic heterocycles. The number of aromatic nitrogens is 2. The first-order valence-corrected chi connectivity index (χ1v) is 3.90. The number of ether oxygens (including phenoxy) is 1. The Morgan fingerprint density at radius 3 is 3.36 bits per heavy atom. The predicted molar refractivity (Wildman–Crippen MR) is 41.2 cm³/mol. The van der Waals surface area contributed by atoms with E-state index in [1.807, 2.05) is 6.92 Å². The van der Waals surface area contributed by atoms with Crippen LogP contribution in [0.25, 0.3) is 0 Å². The van der Waals surface area contributed by atoms with Crippen molar-refractivity contribution >= 4 is 0 Å². The van der Waals surface area contributed by atoms with Gasteiger partial charge in [0.05, 0.1) is 11.8 Å². The molecule has 1 unspecified atom stereocenters. The summed E-state index contributed by atoms with van der Waals surface area (Å²) < 4.78 is 7.60. The Bertz CT molecular complexity index is 267. The molecule has 2 heterocycles. The fourth-order valence-corrected chi connectivity index (χ4v) is 1.42. The van der Waals surface area contributed by atoms with E-state index in [-0.39, 0.29) is 0 Å². The summed E-state index contributed by atoms with van der Waals surface area (Å²) in [5.74, 6) is 1.06. The highest BCUT2D eigenvalue weighted by Crippen LogP contribution is 2.12. The van der Waals surface area contributed by atoms with Crippen molar-refractivity contribution in [1.82, 2.24) is 9.55 Å². The minimum absolute atomic E-state index is 0.330. The molecule has 0 N–H and O–H groups in total. The van der Waals surface area contributed by atoms with E-state index in [1.54, 1.807) is 0 Å². The van der Waals surface area contributed by atoms with Crippen molar-refractivity contribution < 1.29 is 4.74 Å². The van der Waals surface area contributed by atoms with Crippen LogP contribution in [0.15, 0.2) is 6.20 Å². The van der Waals surface area contributed by atoms with Gasteiger partial charge in [-0.2, -0.15) is 0 Å². The molecule has 1 aliphatic rings. The van der Waals surface area contributed by atoms with Crippen molar-refractivity contribution in [3.05, 3.63) is 17.7 Å². The van der Waals surface area contributed by atoms with Crippen molar-refractivity contribution in [2.45, 2.75) is 33.1 Å². The standard InChI is InChI=1S/C8H12N2O/c1-6-3-10-4-7(2)11-5-8(10)9-6/h3,7H,4-5H2,1-2H3. The van der Waals surface area contributed by atoms with E-state index in [4.69, 9.17) is 4.74 Å². The van der Waals surface area contributed by atoms with Crippen LogP contribution in [0.4, 0.5) is 0 Å². The van der Waals surface area contributed by atoms with E-state index < -0.39 is 0 Å². The number of imidazole rings is 1. The van der Waals surface area contributed by atoms with Gasteiger partial charge in [0, 0.05) is 12.7 Å². The molecule has 0 amide bonds. The lowest BCUT2D eigenvalue weighted by molar-refractivity contribution is 0.0140. The lowest BCUT2D eigenvalue weighted by Gasteiger charge is -2.20. The van der Waals surface area contributed by atoms with Gasteiger partial charge in [0.2, 0.25) is 0 Å². The monoisotopic (exact) mass is 152 g/mol. The zero-order chi connectivity index (χ0) is 7.84. The molecule has 60 valence electrons. The fraction of sp³-hybridized carbons (Fsp3) is 0.625. The minimum atomic E-state index is 0.330. The Kier molecular flexibility index (Phi) is 1.46. The van der Waals surface area contributed by atoms with Gasteiger partial charge in [-0.3, -0.25) is 0 Å². The zero-order valence-corrected chi connectivity index (χ0v) is 6.87. The lowest BCUT2D eigenvalue weighted by Crippen LogP contribution is -2.24. The molecular weight excluding hydrogens is 140 g/mol. The van der Waals surface area contributed by atoms with Crippen LogP contribution < -0.4 is 0 Å². The second kappa shape index (κ2) is 2.34. The van der Waals surface area contributed by atoms with Crippen molar-refractivity contribution in [1.29, 1.82) is 0 Å². The average Bonchev–Trinajstić information content (AvgIpc) is 2.27. The van der Waals surface area contributed by atoms with Gasteiger partial charge in [0.1, 0.15) is 12.4 Å². The third kappa shape index (κ3) is 1.16. The van der Waals surface area contributed by atoms with Gasteiger partial charge in [-0.1, -0.05) is 0 Å². The second-order valence-corrected chi connectivity index (χ2v) is 3.07. The summed E-state index contributed by atoms with van der Waals surface area (Å²) in [5, 5.41) is 0. The number of fused-ring (bicyclic) bond motifs is 1. The third-order valence-corrected chi connectivity index (χ3v) is 1.93. The molecule has 2 rings (SSSR count). The number of nitrogens with zero attached hydrogens (tertiary/aromatic N) is 2. The molecule has 11 heavy (non-hydrogen) atoms. The highest BCUT2D eigenvalue weighted by Gasteiger charge is 2.15. The van der Waals surface area contributed by atoms with Crippen LogP contribution in [-0.2, 0) is 17.9 Å². The van der Waals surface area contributed by atoms with Crippen LogP contribution in [0, 0.1) is 6.92 Å². The molecular formula is C8H12N2O. The van der Waals surface area contributed by atoms with Gasteiger partial charge in [0.25, 0.3) is 0 Å². The fourth-order valence-electron chi connectivity index (χ4n) is 1.42. The molecule has 0 fully saturated rings. The Balaban J connectivity index is 2.34. The average molecular weight is 152 g/mol. The minimum Gasteiger partial charge on any atom is -0.369 e. The van der Waals surface area contributed by atoms with Gasteiger partial charge in [0.15, 0.2) is 0 Å². The van der Waals surface area contributed by atoms with Crippen LogP contribution in [0.1, 0.15) is 18.4 Å². The second-order valence-electron chi connectivity index (χ2n) is 3.07. The molecule has 0 aromatic carbocycles. The lowest BCUT2D eigenvalue weighted by atomic mass is 10.3. The smallest absolute Gasteiger partial charge is 0.135 e. The van der Waals surface area contributed by atoms with Gasteiger partial charge in [-0.05, 0) is 13.8 Å². The molecule has 0 saturated carbocycles. The van der Waals surface area contributed by atoms with Crippen LogP contribution >= 0.6 is 0 Å². The van der Waals surface area contributed by atoms with Crippen LogP contribution in [0.3, 0.4) is 0 Å². The Morgan fingerprint density at radius 1 is 1.73 bits per heavy atom. The molecule has 0 radical (unpaired) electrons. The summed E-state index contributed by atoms with van der Waals surface area (Å²) in [6.45, 7) is 5.69. The largest absolute Gasteiger partial charge is 0.369 e. The van der Waals surface area contributed by atoms with E-state index >= 15 is 0 Å². The van der Waals surface area contributed by atoms with E-state index in [0.29, 0.717) is 12.7 Å². The van der Waals surface area contributed by atoms with Crippen molar-refractivity contribution in [3.8, 4) is 0 Å². The first-order chi connectivity index (χ1) is 5.25. The number of hydrogen-bond donors (Lipinski definition) is 0. The quantitative estimate of drug-likeness (QED) is 0.557. The highest BCUT2D eigenvalue weighted by atomic mass is 16.5. The highest BCUT2D eigenvalue weighted by molar-refractivity contribution is 5.02. The van der Waals surface area contributed by atoms with Crippen LogP contribution in [0.5, 0.6) is 0 Å². The maximum Gasteiger partial charge on any atom is 0.135 e. The van der Waals surface area contributed by atoms with Crippen molar-refractivity contribution in [2.24, 2.45) is 0 Å². The van der Waals surface area contributed by atoms with Crippen LogP contribution in [0.2, 0.25) is 0 Å². The summed E-state index contributed by atoms with van der Waals surface area (Å²) >= 11 is 0. The molecule has 3 nitrogen and oxygen atoms in total. The third-order valence-electron chi connectivity index (χ3n) is 1.93. The molecule has 1 atom stereocenters. The molecule has 0 bridgehead atoms. The molecule has 0 saturated heterocycles. The van der Waals surface area contributed by atoms with Gasteiger partial charge in [-0.15, -0.1) is 0 Å². The SMILES string of the molecule is Cc1cn2c(n1)COC(C)C2. The zero-order valence-electron chi connectivity index (χ0n) is 6.87. The van der Waals surface area contributed by atoms with Crippen molar-refractivity contribution in [2.75, 3.05) is 0 Å². The van der Waals surface area contributed by atoms with Gasteiger partial charge in [-0.25, -0.2) is 4.98 Å². The van der Waals surface area contributed by atoms with E-state index in [1.165, 1.54) is 0 Å². The Labute approximate surface area is 66.0 Å². The molecule has 1 aromatic rings. The molecule has 0 aliphatic carbocycles. The van der Waals surface area contributed by atoms with E-state index in [2.05, 4.69) is 22.7 Å². The normalized spacial score (nSPS) is 23.3. The number of rotatable bonds is 0. The Morgan fingerprint density at radius 2 is 2.55 bits per heavy atom.